The van der Waals surface area contributed by atoms with Crippen molar-refractivity contribution in [1.82, 2.24) is 4.90 Å². The number of nitrogens with zero attached hydrogens (tertiary/aromatic N) is 1. The third kappa shape index (κ3) is 5.46. The zero-order chi connectivity index (χ0) is 18.1. The lowest BCUT2D eigenvalue weighted by Gasteiger charge is -2.23. The number of urea groups is 1. The van der Waals surface area contributed by atoms with Gasteiger partial charge in [0.2, 0.25) is 0 Å². The van der Waals surface area contributed by atoms with Crippen molar-refractivity contribution in [3.8, 4) is 0 Å². The Balaban J connectivity index is 2.08. The van der Waals surface area contributed by atoms with Gasteiger partial charge in [-0.2, -0.15) is 0 Å². The Morgan fingerprint density at radius 3 is 2.60 bits per heavy atom. The maximum absolute atomic E-state index is 12.6. The molecule has 0 saturated carbocycles. The number of anilines is 1. The first-order valence-corrected chi connectivity index (χ1v) is 8.34. The van der Waals surface area contributed by atoms with E-state index in [1.165, 1.54) is 0 Å². The SMILES string of the molecule is CCOC(=O)CCN(CCOC)C(=O)Nc1cccc2ccccc12. The molecule has 2 rings (SSSR count). The molecule has 0 fully saturated rings. The maximum Gasteiger partial charge on any atom is 0.321 e. The van der Waals surface area contributed by atoms with Crippen molar-refractivity contribution in [2.75, 3.05) is 38.7 Å². The summed E-state index contributed by atoms with van der Waals surface area (Å²) in [6.45, 7) is 3.16. The number of carbonyl (C=O) groups is 2. The van der Waals surface area contributed by atoms with Crippen LogP contribution in [0.2, 0.25) is 0 Å². The molecule has 0 aromatic heterocycles. The Hall–Kier alpha value is -2.60. The number of methoxy groups -OCH3 is 1. The molecule has 0 atom stereocenters. The van der Waals surface area contributed by atoms with Crippen LogP contribution in [0.15, 0.2) is 42.5 Å². The Bertz CT molecular complexity index is 712. The van der Waals surface area contributed by atoms with E-state index < -0.39 is 0 Å². The van der Waals surface area contributed by atoms with Crippen molar-refractivity contribution < 1.29 is 19.1 Å². The normalized spacial score (nSPS) is 10.5. The lowest BCUT2D eigenvalue weighted by Crippen LogP contribution is -2.39. The first kappa shape index (κ1) is 18.7. The van der Waals surface area contributed by atoms with Gasteiger partial charge in [0, 0.05) is 25.6 Å². The molecule has 0 spiro atoms. The van der Waals surface area contributed by atoms with Gasteiger partial charge in [-0.15, -0.1) is 0 Å². The molecule has 0 heterocycles. The molecular weight excluding hydrogens is 320 g/mol. The van der Waals surface area contributed by atoms with Crippen LogP contribution in [0.5, 0.6) is 0 Å². The fraction of sp³-hybridized carbons (Fsp3) is 0.368. The summed E-state index contributed by atoms with van der Waals surface area (Å²) in [5.74, 6) is -0.317. The highest BCUT2D eigenvalue weighted by Gasteiger charge is 2.16. The third-order valence-electron chi connectivity index (χ3n) is 3.77. The van der Waals surface area contributed by atoms with E-state index in [0.29, 0.717) is 19.8 Å². The zero-order valence-corrected chi connectivity index (χ0v) is 14.7. The standard InChI is InChI=1S/C19H24N2O4/c1-3-25-18(22)11-12-21(13-14-24-2)19(23)20-17-10-6-8-15-7-4-5-9-16(15)17/h4-10H,3,11-14H2,1-2H3,(H,20,23). The van der Waals surface area contributed by atoms with Crippen LogP contribution in [0.25, 0.3) is 10.8 Å². The fourth-order valence-electron chi connectivity index (χ4n) is 2.50. The first-order valence-electron chi connectivity index (χ1n) is 8.34. The number of esters is 1. The number of fused-ring (bicyclic) bond motifs is 1. The molecule has 134 valence electrons. The number of hydrogen-bond donors (Lipinski definition) is 1. The molecule has 6 nitrogen and oxygen atoms in total. The monoisotopic (exact) mass is 344 g/mol. The van der Waals surface area contributed by atoms with E-state index in [9.17, 15) is 9.59 Å². The van der Waals surface area contributed by atoms with E-state index in [1.54, 1.807) is 18.9 Å². The summed E-state index contributed by atoms with van der Waals surface area (Å²) in [4.78, 5) is 25.8. The second-order valence-corrected chi connectivity index (χ2v) is 5.49. The van der Waals surface area contributed by atoms with Crippen LogP contribution in [0.3, 0.4) is 0 Å². The molecule has 1 N–H and O–H groups in total. The number of ether oxygens (including phenoxy) is 2. The number of hydrogen-bond acceptors (Lipinski definition) is 4. The molecule has 25 heavy (non-hydrogen) atoms. The molecule has 2 amide bonds. The van der Waals surface area contributed by atoms with Crippen LogP contribution in [-0.2, 0) is 14.3 Å². The van der Waals surface area contributed by atoms with Gasteiger partial charge in [-0.1, -0.05) is 36.4 Å². The Morgan fingerprint density at radius 1 is 1.08 bits per heavy atom. The van der Waals surface area contributed by atoms with Gasteiger partial charge in [0.25, 0.3) is 0 Å². The number of rotatable bonds is 8. The molecule has 2 aromatic rings. The van der Waals surface area contributed by atoms with E-state index in [0.717, 1.165) is 16.5 Å². The van der Waals surface area contributed by atoms with Crippen LogP contribution in [0.1, 0.15) is 13.3 Å². The van der Waals surface area contributed by atoms with E-state index in [-0.39, 0.29) is 25.0 Å². The fourth-order valence-corrected chi connectivity index (χ4v) is 2.50. The van der Waals surface area contributed by atoms with Crippen LogP contribution in [-0.4, -0.2) is 50.3 Å². The molecule has 0 aliphatic heterocycles. The van der Waals surface area contributed by atoms with Gasteiger partial charge in [0.05, 0.1) is 25.3 Å². The van der Waals surface area contributed by atoms with Crippen molar-refractivity contribution >= 4 is 28.5 Å². The summed E-state index contributed by atoms with van der Waals surface area (Å²) >= 11 is 0. The second kappa shape index (κ2) is 9.64. The maximum atomic E-state index is 12.6. The molecule has 6 heteroatoms. The zero-order valence-electron chi connectivity index (χ0n) is 14.7. The van der Waals surface area contributed by atoms with Gasteiger partial charge in [0.15, 0.2) is 0 Å². The predicted molar refractivity (Wildman–Crippen MR) is 97.7 cm³/mol. The van der Waals surface area contributed by atoms with E-state index in [1.807, 2.05) is 42.5 Å². The third-order valence-corrected chi connectivity index (χ3v) is 3.77. The quantitative estimate of drug-likeness (QED) is 0.746. The van der Waals surface area contributed by atoms with Gasteiger partial charge in [-0.05, 0) is 18.4 Å². The van der Waals surface area contributed by atoms with Gasteiger partial charge in [0.1, 0.15) is 0 Å². The Kier molecular flexibility index (Phi) is 7.22. The molecule has 0 bridgehead atoms. The van der Waals surface area contributed by atoms with Gasteiger partial charge in [-0.25, -0.2) is 4.79 Å². The van der Waals surface area contributed by atoms with Crippen molar-refractivity contribution in [3.63, 3.8) is 0 Å². The summed E-state index contributed by atoms with van der Waals surface area (Å²) in [5, 5.41) is 4.95. The van der Waals surface area contributed by atoms with Crippen molar-refractivity contribution in [3.05, 3.63) is 42.5 Å². The van der Waals surface area contributed by atoms with E-state index in [4.69, 9.17) is 9.47 Å². The van der Waals surface area contributed by atoms with Crippen LogP contribution in [0.4, 0.5) is 10.5 Å². The highest BCUT2D eigenvalue weighted by Crippen LogP contribution is 2.23. The summed E-state index contributed by atoms with van der Waals surface area (Å²) in [7, 11) is 1.58. The molecule has 2 aromatic carbocycles. The lowest BCUT2D eigenvalue weighted by atomic mass is 10.1. The minimum absolute atomic E-state index is 0.153. The largest absolute Gasteiger partial charge is 0.466 e. The van der Waals surface area contributed by atoms with Crippen molar-refractivity contribution in [1.29, 1.82) is 0 Å². The van der Waals surface area contributed by atoms with Gasteiger partial charge in [-0.3, -0.25) is 4.79 Å². The van der Waals surface area contributed by atoms with Gasteiger partial charge < -0.3 is 19.7 Å². The number of nitrogens with one attached hydrogen (secondary N) is 1. The van der Waals surface area contributed by atoms with E-state index >= 15 is 0 Å². The Morgan fingerprint density at radius 2 is 1.84 bits per heavy atom. The lowest BCUT2D eigenvalue weighted by molar-refractivity contribution is -0.143. The number of carbonyl (C=O) groups excluding carboxylic acids is 2. The molecule has 0 aliphatic rings. The van der Waals surface area contributed by atoms with Crippen molar-refractivity contribution in [2.24, 2.45) is 0 Å². The summed E-state index contributed by atoms with van der Waals surface area (Å²) in [6.07, 6.45) is 0.153. The second-order valence-electron chi connectivity index (χ2n) is 5.49. The first-order chi connectivity index (χ1) is 12.2. The van der Waals surface area contributed by atoms with Crippen LogP contribution >= 0.6 is 0 Å². The molecule has 0 aliphatic carbocycles. The average molecular weight is 344 g/mol. The van der Waals surface area contributed by atoms with Crippen molar-refractivity contribution in [2.45, 2.75) is 13.3 Å². The number of amides is 2. The minimum Gasteiger partial charge on any atom is -0.466 e. The minimum atomic E-state index is -0.317. The average Bonchev–Trinajstić information content (AvgIpc) is 2.62. The Labute approximate surface area is 147 Å². The molecule has 0 radical (unpaired) electrons. The smallest absolute Gasteiger partial charge is 0.321 e. The summed E-state index contributed by atoms with van der Waals surface area (Å²) in [5.41, 5.74) is 0.738. The van der Waals surface area contributed by atoms with E-state index in [2.05, 4.69) is 5.32 Å². The molecular formula is C19H24N2O4. The number of benzene rings is 2. The highest BCUT2D eigenvalue weighted by molar-refractivity contribution is 6.01. The summed E-state index contributed by atoms with van der Waals surface area (Å²) in [6, 6.07) is 13.3. The summed E-state index contributed by atoms with van der Waals surface area (Å²) < 4.78 is 9.98. The predicted octanol–water partition coefficient (Wildman–Crippen LogP) is 3.27. The topological polar surface area (TPSA) is 67.9 Å². The van der Waals surface area contributed by atoms with Gasteiger partial charge >= 0.3 is 12.0 Å². The molecule has 0 unspecified atom stereocenters. The highest BCUT2D eigenvalue weighted by atomic mass is 16.5. The molecule has 0 saturated heterocycles. The van der Waals surface area contributed by atoms with Crippen LogP contribution < -0.4 is 5.32 Å². The van der Waals surface area contributed by atoms with Crippen LogP contribution in [0, 0.1) is 0 Å².